The normalized spacial score (nSPS) is 31.3. The van der Waals surface area contributed by atoms with Gasteiger partial charge in [-0.25, -0.2) is 8.42 Å². The summed E-state index contributed by atoms with van der Waals surface area (Å²) in [7, 11) is -3.76. The lowest BCUT2D eigenvalue weighted by atomic mass is 9.53. The minimum absolute atomic E-state index is 0.0821. The number of carbonyl (C=O) groups excluding carboxylic acids is 2. The van der Waals surface area contributed by atoms with Crippen LogP contribution in [0, 0.1) is 17.8 Å². The summed E-state index contributed by atoms with van der Waals surface area (Å²) in [5, 5.41) is 6.25. The van der Waals surface area contributed by atoms with Gasteiger partial charge < -0.3 is 10.6 Å². The summed E-state index contributed by atoms with van der Waals surface area (Å²) in [4.78, 5) is 26.6. The van der Waals surface area contributed by atoms with Crippen molar-refractivity contribution in [2.45, 2.75) is 67.8 Å². The Bertz CT molecular complexity index is 1240. The maximum Gasteiger partial charge on any atom is 0.251 e. The van der Waals surface area contributed by atoms with Gasteiger partial charge in [0.25, 0.3) is 5.91 Å². The molecule has 1 aliphatic heterocycles. The van der Waals surface area contributed by atoms with Crippen molar-refractivity contribution in [3.05, 3.63) is 60.2 Å². The number of sulfonamides is 1. The number of benzene rings is 2. The first-order valence-electron chi connectivity index (χ1n) is 13.1. The van der Waals surface area contributed by atoms with Gasteiger partial charge in [-0.3, -0.25) is 9.59 Å². The Hall–Kier alpha value is -2.71. The molecule has 1 heterocycles. The summed E-state index contributed by atoms with van der Waals surface area (Å²) in [6, 6.07) is 14.4. The number of carbonyl (C=O) groups is 2. The van der Waals surface area contributed by atoms with Gasteiger partial charge in [-0.2, -0.15) is 4.31 Å². The van der Waals surface area contributed by atoms with E-state index < -0.39 is 16.1 Å². The summed E-state index contributed by atoms with van der Waals surface area (Å²) in [5.74, 6) is 1.75. The number of rotatable bonds is 6. The van der Waals surface area contributed by atoms with E-state index in [4.69, 9.17) is 0 Å². The fourth-order valence-corrected chi connectivity index (χ4v) is 9.24. The molecule has 2 aromatic carbocycles. The monoisotopic (exact) mass is 507 g/mol. The van der Waals surface area contributed by atoms with Crippen molar-refractivity contribution in [3.8, 4) is 0 Å². The van der Waals surface area contributed by atoms with Crippen LogP contribution >= 0.6 is 0 Å². The fourth-order valence-electron chi connectivity index (χ4n) is 7.56. The average molecular weight is 508 g/mol. The zero-order valence-corrected chi connectivity index (χ0v) is 21.2. The molecule has 0 aromatic heterocycles. The molecule has 2 aromatic rings. The second-order valence-electron chi connectivity index (χ2n) is 11.3. The van der Waals surface area contributed by atoms with Crippen LogP contribution in [0.2, 0.25) is 0 Å². The number of amides is 2. The number of nitrogens with one attached hydrogen (secondary N) is 2. The predicted octanol–water partition coefficient (Wildman–Crippen LogP) is 4.18. The van der Waals surface area contributed by atoms with Crippen molar-refractivity contribution < 1.29 is 18.0 Å². The van der Waals surface area contributed by atoms with Crippen LogP contribution in [0.3, 0.4) is 0 Å². The van der Waals surface area contributed by atoms with E-state index in [0.717, 1.165) is 37.0 Å². The van der Waals surface area contributed by atoms with E-state index >= 15 is 0 Å². The quantitative estimate of drug-likeness (QED) is 0.613. The van der Waals surface area contributed by atoms with Gasteiger partial charge in [0.1, 0.15) is 6.04 Å². The van der Waals surface area contributed by atoms with Gasteiger partial charge in [-0.05, 0) is 99.5 Å². The van der Waals surface area contributed by atoms with Gasteiger partial charge in [0.15, 0.2) is 0 Å². The molecule has 4 aliphatic carbocycles. The molecule has 0 radical (unpaired) electrons. The van der Waals surface area contributed by atoms with Gasteiger partial charge in [-0.15, -0.1) is 0 Å². The first-order chi connectivity index (χ1) is 17.3. The Morgan fingerprint density at radius 1 is 0.889 bits per heavy atom. The molecular weight excluding hydrogens is 474 g/mol. The Morgan fingerprint density at radius 3 is 2.22 bits per heavy atom. The molecule has 7 nitrogen and oxygen atoms in total. The highest BCUT2D eigenvalue weighted by Crippen LogP contribution is 2.55. The summed E-state index contributed by atoms with van der Waals surface area (Å²) < 4.78 is 27.6. The molecular formula is C28H33N3O4S. The number of hydrogen-bond donors (Lipinski definition) is 2. The smallest absolute Gasteiger partial charge is 0.251 e. The number of nitrogens with zero attached hydrogens (tertiary/aromatic N) is 1. The van der Waals surface area contributed by atoms with Crippen LogP contribution in [0.4, 0.5) is 5.69 Å². The molecule has 4 saturated carbocycles. The molecule has 5 aliphatic rings. The Labute approximate surface area is 212 Å². The van der Waals surface area contributed by atoms with E-state index in [-0.39, 0.29) is 22.2 Å². The lowest BCUT2D eigenvalue weighted by molar-refractivity contribution is -0.119. The Kier molecular flexibility index (Phi) is 5.91. The van der Waals surface area contributed by atoms with Gasteiger partial charge in [0, 0.05) is 23.3 Å². The van der Waals surface area contributed by atoms with Crippen molar-refractivity contribution >= 4 is 27.5 Å². The highest BCUT2D eigenvalue weighted by molar-refractivity contribution is 7.89. The molecule has 36 heavy (non-hydrogen) atoms. The van der Waals surface area contributed by atoms with E-state index in [1.165, 1.54) is 23.6 Å². The minimum atomic E-state index is -3.76. The fraction of sp³-hybridized carbons (Fsp3) is 0.500. The largest absolute Gasteiger partial charge is 0.347 e. The molecule has 2 N–H and O–H groups in total. The van der Waals surface area contributed by atoms with Crippen LogP contribution in [-0.2, 0) is 14.8 Å². The zero-order valence-electron chi connectivity index (χ0n) is 20.4. The molecule has 0 unspecified atom stereocenters. The van der Waals surface area contributed by atoms with E-state index in [2.05, 4.69) is 10.6 Å². The van der Waals surface area contributed by atoms with Crippen molar-refractivity contribution in [1.82, 2.24) is 9.62 Å². The van der Waals surface area contributed by atoms with Crippen LogP contribution in [-0.4, -0.2) is 42.7 Å². The van der Waals surface area contributed by atoms with E-state index in [9.17, 15) is 18.0 Å². The molecule has 2 amide bonds. The van der Waals surface area contributed by atoms with Crippen LogP contribution in [0.5, 0.6) is 0 Å². The summed E-state index contributed by atoms with van der Waals surface area (Å²) in [6.45, 7) is 0.308. The third kappa shape index (κ3) is 4.34. The zero-order chi connectivity index (χ0) is 24.9. The molecule has 0 spiro atoms. The molecule has 1 saturated heterocycles. The summed E-state index contributed by atoms with van der Waals surface area (Å²) in [5.41, 5.74) is 0.937. The molecule has 5 fully saturated rings. The SMILES string of the molecule is O=C(NC12CC3CC(CC(C3)C1)C2)c1cccc(NC(=O)[C@@H]2CCCN2S(=O)(=O)c2ccccc2)c1. The van der Waals surface area contributed by atoms with Crippen LogP contribution in [0.25, 0.3) is 0 Å². The van der Waals surface area contributed by atoms with Crippen LogP contribution in [0.15, 0.2) is 59.5 Å². The molecule has 7 rings (SSSR count). The maximum absolute atomic E-state index is 13.3. The third-order valence-corrected chi connectivity index (χ3v) is 10.6. The molecule has 8 heteroatoms. The second-order valence-corrected chi connectivity index (χ2v) is 13.2. The van der Waals surface area contributed by atoms with Crippen molar-refractivity contribution in [2.24, 2.45) is 17.8 Å². The van der Waals surface area contributed by atoms with Crippen LogP contribution < -0.4 is 10.6 Å². The third-order valence-electron chi connectivity index (χ3n) is 8.67. The molecule has 190 valence electrons. The van der Waals surface area contributed by atoms with E-state index in [1.54, 1.807) is 54.6 Å². The first-order valence-corrected chi connectivity index (χ1v) is 14.6. The van der Waals surface area contributed by atoms with Gasteiger partial charge in [-0.1, -0.05) is 24.3 Å². The second kappa shape index (κ2) is 8.99. The lowest BCUT2D eigenvalue weighted by Gasteiger charge is -2.56. The predicted molar refractivity (Wildman–Crippen MR) is 137 cm³/mol. The summed E-state index contributed by atoms with van der Waals surface area (Å²) in [6.07, 6.45) is 8.26. The van der Waals surface area contributed by atoms with Gasteiger partial charge in [0.05, 0.1) is 4.90 Å². The topological polar surface area (TPSA) is 95.6 Å². The van der Waals surface area contributed by atoms with Crippen molar-refractivity contribution in [2.75, 3.05) is 11.9 Å². The average Bonchev–Trinajstić information content (AvgIpc) is 3.35. The molecule has 4 bridgehead atoms. The highest BCUT2D eigenvalue weighted by atomic mass is 32.2. The van der Waals surface area contributed by atoms with E-state index in [1.807, 2.05) is 0 Å². The van der Waals surface area contributed by atoms with Gasteiger partial charge in [0.2, 0.25) is 15.9 Å². The van der Waals surface area contributed by atoms with Crippen LogP contribution in [0.1, 0.15) is 61.7 Å². The molecule has 1 atom stereocenters. The maximum atomic E-state index is 13.3. The van der Waals surface area contributed by atoms with Gasteiger partial charge >= 0.3 is 0 Å². The summed E-state index contributed by atoms with van der Waals surface area (Å²) >= 11 is 0. The highest BCUT2D eigenvalue weighted by Gasteiger charge is 2.51. The first kappa shape index (κ1) is 23.7. The number of hydrogen-bond acceptors (Lipinski definition) is 4. The standard InChI is InChI=1S/C28H33N3O4S/c32-26(30-28-16-19-12-20(17-28)14-21(13-19)18-28)22-6-4-7-23(15-22)29-27(33)25-10-5-11-31(25)36(34,35)24-8-2-1-3-9-24/h1-4,6-9,15,19-21,25H,5,10-14,16-18H2,(H,29,33)(H,30,32)/t19?,20?,21?,25-,28?/m0/s1. The number of anilines is 1. The Balaban J connectivity index is 1.15. The Morgan fingerprint density at radius 2 is 1.56 bits per heavy atom. The van der Waals surface area contributed by atoms with Crippen molar-refractivity contribution in [1.29, 1.82) is 0 Å². The minimum Gasteiger partial charge on any atom is -0.347 e. The van der Waals surface area contributed by atoms with Crippen molar-refractivity contribution in [3.63, 3.8) is 0 Å². The van der Waals surface area contributed by atoms with E-state index in [0.29, 0.717) is 30.6 Å². The lowest BCUT2D eigenvalue weighted by Crippen LogP contribution is -2.59.